The molecule has 0 amide bonds. The highest BCUT2D eigenvalue weighted by Gasteiger charge is 2.34. The Morgan fingerprint density at radius 1 is 1.21 bits per heavy atom. The van der Waals surface area contributed by atoms with Crippen LogP contribution in [0.5, 0.6) is 0 Å². The molecule has 3 aliphatic heterocycles. The minimum absolute atomic E-state index is 0.141. The largest absolute Gasteiger partial charge is 0.367 e. The summed E-state index contributed by atoms with van der Waals surface area (Å²) in [6.45, 7) is 12.3. The number of nitrogens with one attached hydrogen (secondary N) is 1. The van der Waals surface area contributed by atoms with Crippen molar-refractivity contribution in [2.45, 2.75) is 58.7 Å². The quantitative estimate of drug-likeness (QED) is 0.669. The van der Waals surface area contributed by atoms with E-state index in [1.54, 1.807) is 19.1 Å². The lowest BCUT2D eigenvalue weighted by Crippen LogP contribution is -2.59. The number of hydrogen-bond acceptors (Lipinski definition) is 5. The van der Waals surface area contributed by atoms with Crippen molar-refractivity contribution in [2.24, 2.45) is 0 Å². The molecule has 3 aliphatic rings. The van der Waals surface area contributed by atoms with Crippen LogP contribution in [0.3, 0.4) is 0 Å². The molecule has 0 spiro atoms. The first kappa shape index (κ1) is 24.2. The van der Waals surface area contributed by atoms with E-state index in [2.05, 4.69) is 33.9 Å². The van der Waals surface area contributed by atoms with Crippen molar-refractivity contribution in [3.05, 3.63) is 57.6 Å². The summed E-state index contributed by atoms with van der Waals surface area (Å²) < 4.78 is 14.2. The highest BCUT2D eigenvalue weighted by Crippen LogP contribution is 2.27. The van der Waals surface area contributed by atoms with Gasteiger partial charge in [-0.25, -0.2) is 4.39 Å². The van der Waals surface area contributed by atoms with Gasteiger partial charge in [0, 0.05) is 61.0 Å². The highest BCUT2D eigenvalue weighted by molar-refractivity contribution is 6.30. The van der Waals surface area contributed by atoms with Gasteiger partial charge in [-0.05, 0) is 70.0 Å². The second kappa shape index (κ2) is 10.6. The summed E-state index contributed by atoms with van der Waals surface area (Å²) in [7, 11) is 0. The van der Waals surface area contributed by atoms with Crippen LogP contribution >= 0.6 is 11.6 Å². The monoisotopic (exact) mass is 474 g/mol. The van der Waals surface area contributed by atoms with E-state index in [4.69, 9.17) is 11.6 Å². The van der Waals surface area contributed by atoms with Gasteiger partial charge in [0.1, 0.15) is 11.6 Å². The molecule has 1 aromatic rings. The Kier molecular flexibility index (Phi) is 7.77. The number of allylic oxidation sites excluding steroid dienone is 2. The van der Waals surface area contributed by atoms with Crippen LogP contribution < -0.4 is 5.32 Å². The fourth-order valence-corrected chi connectivity index (χ4v) is 5.66. The number of piperazine rings is 1. The van der Waals surface area contributed by atoms with Gasteiger partial charge >= 0.3 is 0 Å². The topological polar surface area (TPSA) is 38.8 Å². The van der Waals surface area contributed by atoms with Crippen molar-refractivity contribution < 1.29 is 9.18 Å². The number of carbonyl (C=O) groups is 1. The van der Waals surface area contributed by atoms with Gasteiger partial charge in [-0.2, -0.15) is 0 Å². The Morgan fingerprint density at radius 3 is 2.61 bits per heavy atom. The highest BCUT2D eigenvalue weighted by atomic mass is 35.5. The van der Waals surface area contributed by atoms with Crippen molar-refractivity contribution in [2.75, 3.05) is 39.3 Å². The smallest absolute Gasteiger partial charge is 0.157 e. The molecule has 0 unspecified atom stereocenters. The summed E-state index contributed by atoms with van der Waals surface area (Å²) in [5.41, 5.74) is 2.73. The van der Waals surface area contributed by atoms with Crippen molar-refractivity contribution >= 4 is 17.4 Å². The molecule has 180 valence electrons. The molecule has 5 nitrogen and oxygen atoms in total. The van der Waals surface area contributed by atoms with Gasteiger partial charge in [0.2, 0.25) is 0 Å². The summed E-state index contributed by atoms with van der Waals surface area (Å²) in [5.74, 6) is 1.11. The molecular weight excluding hydrogens is 439 g/mol. The van der Waals surface area contributed by atoms with Crippen molar-refractivity contribution in [1.82, 2.24) is 20.0 Å². The number of piperidine rings is 1. The number of carbonyl (C=O) groups excluding carboxylic acids is 1. The molecule has 0 saturated carbocycles. The average molecular weight is 475 g/mol. The lowest BCUT2D eigenvalue weighted by Gasteiger charge is -2.49. The number of rotatable bonds is 6. The maximum atomic E-state index is 14.2. The number of halogens is 2. The Labute approximate surface area is 202 Å². The van der Waals surface area contributed by atoms with E-state index in [1.165, 1.54) is 11.9 Å². The molecule has 0 radical (unpaired) electrons. The fourth-order valence-electron chi connectivity index (χ4n) is 5.50. The van der Waals surface area contributed by atoms with Crippen LogP contribution in [0.1, 0.15) is 45.6 Å². The van der Waals surface area contributed by atoms with Crippen LogP contribution in [0.4, 0.5) is 4.39 Å². The number of likely N-dealkylation sites (tertiary alicyclic amines) is 1. The van der Waals surface area contributed by atoms with Gasteiger partial charge in [0.15, 0.2) is 5.78 Å². The van der Waals surface area contributed by atoms with Gasteiger partial charge in [-0.15, -0.1) is 0 Å². The number of nitrogens with zero attached hydrogens (tertiary/aromatic N) is 3. The summed E-state index contributed by atoms with van der Waals surface area (Å²) in [5, 5.41) is 3.95. The Morgan fingerprint density at radius 2 is 1.97 bits per heavy atom. The molecule has 2 saturated heterocycles. The third kappa shape index (κ3) is 5.61. The summed E-state index contributed by atoms with van der Waals surface area (Å²) in [6, 6.07) is 6.09. The van der Waals surface area contributed by atoms with Crippen LogP contribution in [0, 0.1) is 5.82 Å². The minimum atomic E-state index is -0.210. The third-order valence-electron chi connectivity index (χ3n) is 7.41. The molecule has 2 fully saturated rings. The van der Waals surface area contributed by atoms with Crippen LogP contribution in [-0.4, -0.2) is 71.8 Å². The molecule has 0 aliphatic carbocycles. The van der Waals surface area contributed by atoms with Crippen molar-refractivity contribution in [3.63, 3.8) is 0 Å². The zero-order valence-corrected chi connectivity index (χ0v) is 20.8. The maximum absolute atomic E-state index is 14.2. The number of ketones is 1. The normalized spacial score (nSPS) is 23.5. The predicted octanol–water partition coefficient (Wildman–Crippen LogP) is 4.19. The third-order valence-corrected chi connectivity index (χ3v) is 7.65. The van der Waals surface area contributed by atoms with E-state index in [0.29, 0.717) is 30.2 Å². The number of benzene rings is 1. The van der Waals surface area contributed by atoms with Crippen LogP contribution in [0.15, 0.2) is 41.2 Å². The molecule has 7 heteroatoms. The molecule has 1 N–H and O–H groups in total. The first-order valence-electron chi connectivity index (χ1n) is 12.2. The standard InChI is InChI=1S/C26H36ClFN4O/c1-4-23-17-31(26-18(2)13-21(15-29-26)19(3)33)11-12-32(23)24-7-9-30(10-8-24)16-20-5-6-22(27)14-25(20)28/h5-6,13-14,23-24,29H,4,7-12,15-17H2,1-3H3/t23-/m0/s1. The van der Waals surface area contributed by atoms with Crippen LogP contribution in [0.2, 0.25) is 5.02 Å². The number of hydrogen-bond donors (Lipinski definition) is 1. The predicted molar refractivity (Wildman–Crippen MR) is 132 cm³/mol. The van der Waals surface area contributed by atoms with Crippen molar-refractivity contribution in [3.8, 4) is 0 Å². The first-order chi connectivity index (χ1) is 15.9. The lowest BCUT2D eigenvalue weighted by molar-refractivity contribution is -0.113. The van der Waals surface area contributed by atoms with Gasteiger partial charge in [0.25, 0.3) is 0 Å². The Hall–Kier alpha value is -1.89. The van der Waals surface area contributed by atoms with E-state index >= 15 is 0 Å². The Balaban J connectivity index is 1.34. The maximum Gasteiger partial charge on any atom is 0.157 e. The van der Waals surface area contributed by atoms with Crippen LogP contribution in [0.25, 0.3) is 0 Å². The van der Waals surface area contributed by atoms with Gasteiger partial charge in [-0.1, -0.05) is 24.6 Å². The van der Waals surface area contributed by atoms with E-state index in [0.717, 1.165) is 68.7 Å². The van der Waals surface area contributed by atoms with E-state index in [9.17, 15) is 9.18 Å². The van der Waals surface area contributed by atoms with Gasteiger partial charge in [0.05, 0.1) is 0 Å². The molecular formula is C26H36ClFN4O. The average Bonchev–Trinajstić information content (AvgIpc) is 2.81. The molecule has 1 atom stereocenters. The lowest BCUT2D eigenvalue weighted by atomic mass is 9.97. The second-order valence-electron chi connectivity index (χ2n) is 9.60. The molecule has 4 rings (SSSR count). The van der Waals surface area contributed by atoms with E-state index < -0.39 is 0 Å². The van der Waals surface area contributed by atoms with Gasteiger partial charge in [-0.3, -0.25) is 14.6 Å². The van der Waals surface area contributed by atoms with E-state index in [-0.39, 0.29) is 11.6 Å². The zero-order chi connectivity index (χ0) is 23.5. The van der Waals surface area contributed by atoms with Crippen LogP contribution in [-0.2, 0) is 11.3 Å². The van der Waals surface area contributed by atoms with Crippen molar-refractivity contribution in [1.29, 1.82) is 0 Å². The molecule has 3 heterocycles. The SMILES string of the molecule is CC[C@H]1CN(C2=C(C)C=C(C(C)=O)CN2)CCN1C1CCN(Cc2ccc(Cl)cc2F)CC1. The molecule has 1 aromatic carbocycles. The summed E-state index contributed by atoms with van der Waals surface area (Å²) in [4.78, 5) is 19.3. The molecule has 0 bridgehead atoms. The Bertz CT molecular complexity index is 938. The molecule has 0 aromatic heterocycles. The summed E-state index contributed by atoms with van der Waals surface area (Å²) >= 11 is 5.89. The summed E-state index contributed by atoms with van der Waals surface area (Å²) in [6.07, 6.45) is 5.40. The zero-order valence-electron chi connectivity index (χ0n) is 20.0. The first-order valence-corrected chi connectivity index (χ1v) is 12.6. The number of Topliss-reactive ketones (excluding diaryl/α,β-unsaturated/α-hetero) is 1. The van der Waals surface area contributed by atoms with Gasteiger partial charge < -0.3 is 10.2 Å². The minimum Gasteiger partial charge on any atom is -0.367 e. The second-order valence-corrected chi connectivity index (χ2v) is 10.0. The molecule has 33 heavy (non-hydrogen) atoms. The van der Waals surface area contributed by atoms with E-state index in [1.807, 2.05) is 6.08 Å². The number of dihydropyridines is 1. The fraction of sp³-hybridized carbons (Fsp3) is 0.577.